The maximum Gasteiger partial charge on any atom is 0.315 e. The normalized spacial score (nSPS) is 15.1. The molecule has 2 N–H and O–H groups in total. The fraction of sp³-hybridized carbons (Fsp3) is 0.500. The third-order valence-electron chi connectivity index (χ3n) is 3.43. The number of fused-ring (bicyclic) bond motifs is 1. The van der Waals surface area contributed by atoms with Crippen molar-refractivity contribution in [3.8, 4) is 0 Å². The second-order valence-corrected chi connectivity index (χ2v) is 4.90. The van der Waals surface area contributed by atoms with Crippen LogP contribution in [0.4, 0.5) is 19.3 Å². The molecule has 0 saturated heterocycles. The van der Waals surface area contributed by atoms with Gasteiger partial charge in [0, 0.05) is 24.8 Å². The van der Waals surface area contributed by atoms with Crippen molar-refractivity contribution in [2.24, 2.45) is 0 Å². The zero-order chi connectivity index (χ0) is 14.5. The van der Waals surface area contributed by atoms with Gasteiger partial charge in [-0.1, -0.05) is 18.2 Å². The first kappa shape index (κ1) is 14.6. The highest BCUT2D eigenvalue weighted by Gasteiger charge is 2.23. The van der Waals surface area contributed by atoms with E-state index in [1.54, 1.807) is 0 Å². The van der Waals surface area contributed by atoms with Crippen LogP contribution in [-0.2, 0) is 6.42 Å². The van der Waals surface area contributed by atoms with E-state index in [-0.39, 0.29) is 6.04 Å². The number of nitrogens with zero attached hydrogens (tertiary/aromatic N) is 1. The van der Waals surface area contributed by atoms with Crippen molar-refractivity contribution < 1.29 is 13.6 Å². The Bertz CT molecular complexity index is 467. The molecule has 4 nitrogen and oxygen atoms in total. The van der Waals surface area contributed by atoms with Crippen molar-refractivity contribution in [2.45, 2.75) is 25.8 Å². The van der Waals surface area contributed by atoms with E-state index in [0.29, 0.717) is 6.54 Å². The molecule has 1 atom stereocenters. The van der Waals surface area contributed by atoms with Crippen LogP contribution in [0.5, 0.6) is 0 Å². The zero-order valence-electron chi connectivity index (χ0n) is 11.4. The van der Waals surface area contributed by atoms with E-state index in [4.69, 9.17) is 0 Å². The number of alkyl halides is 2. The summed E-state index contributed by atoms with van der Waals surface area (Å²) < 4.78 is 23.9. The first-order valence-electron chi connectivity index (χ1n) is 6.72. The molecule has 2 rings (SSSR count). The van der Waals surface area contributed by atoms with Crippen LogP contribution in [0.15, 0.2) is 24.3 Å². The zero-order valence-corrected chi connectivity index (χ0v) is 11.4. The lowest BCUT2D eigenvalue weighted by Gasteiger charge is -2.27. The molecule has 0 radical (unpaired) electrons. The van der Waals surface area contributed by atoms with Crippen LogP contribution >= 0.6 is 0 Å². The predicted molar refractivity (Wildman–Crippen MR) is 74.4 cm³/mol. The molecule has 0 bridgehead atoms. The second-order valence-electron chi connectivity index (χ2n) is 4.90. The van der Waals surface area contributed by atoms with Crippen LogP contribution in [0.25, 0.3) is 0 Å². The Morgan fingerprint density at radius 3 is 2.75 bits per heavy atom. The highest BCUT2D eigenvalue weighted by molar-refractivity contribution is 5.74. The molecule has 0 unspecified atom stereocenters. The van der Waals surface area contributed by atoms with Crippen molar-refractivity contribution in [1.82, 2.24) is 10.6 Å². The van der Waals surface area contributed by atoms with Gasteiger partial charge in [-0.15, -0.1) is 0 Å². The summed E-state index contributed by atoms with van der Waals surface area (Å²) in [7, 11) is 0. The van der Waals surface area contributed by atoms with E-state index in [1.807, 2.05) is 19.1 Å². The third kappa shape index (κ3) is 3.59. The van der Waals surface area contributed by atoms with E-state index in [1.165, 1.54) is 11.3 Å². The second kappa shape index (κ2) is 6.54. The number of halogens is 2. The van der Waals surface area contributed by atoms with Gasteiger partial charge in [-0.05, 0) is 25.0 Å². The van der Waals surface area contributed by atoms with Gasteiger partial charge in [0.15, 0.2) is 0 Å². The van der Waals surface area contributed by atoms with E-state index in [0.717, 1.165) is 13.0 Å². The largest absolute Gasteiger partial charge is 0.366 e. The maximum atomic E-state index is 12.0. The maximum absolute atomic E-state index is 12.0. The molecule has 0 aliphatic carbocycles. The molecular weight excluding hydrogens is 264 g/mol. The summed E-state index contributed by atoms with van der Waals surface area (Å²) in [4.78, 5) is 13.6. The number of hydrogen-bond acceptors (Lipinski definition) is 2. The molecule has 1 aromatic rings. The molecule has 0 fully saturated rings. The Hall–Kier alpha value is -1.85. The summed E-state index contributed by atoms with van der Waals surface area (Å²) in [6.07, 6.45) is -1.53. The molecule has 0 aromatic heterocycles. The Kier molecular flexibility index (Phi) is 4.76. The van der Waals surface area contributed by atoms with Crippen LogP contribution in [0, 0.1) is 0 Å². The van der Waals surface area contributed by atoms with Crippen LogP contribution in [-0.4, -0.2) is 38.1 Å². The molecule has 110 valence electrons. The summed E-state index contributed by atoms with van der Waals surface area (Å²) in [6, 6.07) is 7.75. The van der Waals surface area contributed by atoms with Crippen molar-refractivity contribution in [3.05, 3.63) is 29.8 Å². The minimum Gasteiger partial charge on any atom is -0.366 e. The lowest BCUT2D eigenvalue weighted by atomic mass is 10.2. The van der Waals surface area contributed by atoms with Gasteiger partial charge >= 0.3 is 6.03 Å². The summed E-state index contributed by atoms with van der Waals surface area (Å²) in [5, 5.41) is 4.75. The number of amides is 2. The number of carbonyl (C=O) groups excluding carboxylic acids is 1. The predicted octanol–water partition coefficient (Wildman–Crippen LogP) is 2.00. The van der Waals surface area contributed by atoms with Gasteiger partial charge in [-0.3, -0.25) is 0 Å². The molecule has 0 saturated carbocycles. The van der Waals surface area contributed by atoms with E-state index < -0.39 is 19.0 Å². The number of anilines is 1. The van der Waals surface area contributed by atoms with Crippen molar-refractivity contribution in [2.75, 3.05) is 24.5 Å². The molecule has 1 heterocycles. The Balaban J connectivity index is 1.81. The number of hydrogen-bond donors (Lipinski definition) is 2. The standard InChI is InChI=1S/C14H19F2N3O/c1-10(8-17-14(20)18-9-13(15)16)19-7-6-11-4-2-3-5-12(11)19/h2-5,10,13H,6-9H2,1H3,(H2,17,18,20)/t10-/m0/s1. The summed E-state index contributed by atoms with van der Waals surface area (Å²) in [6.45, 7) is 2.73. The number of para-hydroxylation sites is 1. The molecule has 0 spiro atoms. The molecule has 1 aliphatic heterocycles. The lowest BCUT2D eigenvalue weighted by Crippen LogP contribution is -2.45. The minimum absolute atomic E-state index is 0.121. The Labute approximate surface area is 117 Å². The minimum atomic E-state index is -2.52. The molecule has 20 heavy (non-hydrogen) atoms. The van der Waals surface area contributed by atoms with Crippen molar-refractivity contribution in [3.63, 3.8) is 0 Å². The summed E-state index contributed by atoms with van der Waals surface area (Å²) in [5.41, 5.74) is 2.50. The van der Waals surface area contributed by atoms with Crippen LogP contribution < -0.4 is 15.5 Å². The molecular formula is C14H19F2N3O. The topological polar surface area (TPSA) is 44.4 Å². The van der Waals surface area contributed by atoms with E-state index in [2.05, 4.69) is 27.7 Å². The SMILES string of the molecule is C[C@@H](CNC(=O)NCC(F)F)N1CCc2ccccc21. The quantitative estimate of drug-likeness (QED) is 0.868. The highest BCUT2D eigenvalue weighted by Crippen LogP contribution is 2.28. The van der Waals surface area contributed by atoms with Crippen LogP contribution in [0.3, 0.4) is 0 Å². The average Bonchev–Trinajstić information content (AvgIpc) is 2.86. The van der Waals surface area contributed by atoms with Gasteiger partial charge in [0.2, 0.25) is 0 Å². The smallest absolute Gasteiger partial charge is 0.315 e. The fourth-order valence-corrected chi connectivity index (χ4v) is 2.40. The van der Waals surface area contributed by atoms with Crippen LogP contribution in [0.2, 0.25) is 0 Å². The van der Waals surface area contributed by atoms with Gasteiger partial charge in [0.05, 0.1) is 6.54 Å². The summed E-state index contributed by atoms with van der Waals surface area (Å²) >= 11 is 0. The van der Waals surface area contributed by atoms with E-state index >= 15 is 0 Å². The fourth-order valence-electron chi connectivity index (χ4n) is 2.40. The number of carbonyl (C=O) groups is 1. The monoisotopic (exact) mass is 283 g/mol. The highest BCUT2D eigenvalue weighted by atomic mass is 19.3. The Morgan fingerprint density at radius 2 is 2.00 bits per heavy atom. The number of rotatable bonds is 5. The molecule has 1 aromatic carbocycles. The summed E-state index contributed by atoms with van der Waals surface area (Å²) in [5.74, 6) is 0. The molecule has 2 amide bonds. The third-order valence-corrected chi connectivity index (χ3v) is 3.43. The first-order chi connectivity index (χ1) is 9.58. The van der Waals surface area contributed by atoms with Crippen molar-refractivity contribution >= 4 is 11.7 Å². The van der Waals surface area contributed by atoms with Crippen molar-refractivity contribution in [1.29, 1.82) is 0 Å². The van der Waals surface area contributed by atoms with Gasteiger partial charge in [-0.2, -0.15) is 0 Å². The van der Waals surface area contributed by atoms with E-state index in [9.17, 15) is 13.6 Å². The number of urea groups is 1. The first-order valence-corrected chi connectivity index (χ1v) is 6.72. The average molecular weight is 283 g/mol. The van der Waals surface area contributed by atoms with Gasteiger partial charge < -0.3 is 15.5 Å². The number of nitrogens with one attached hydrogen (secondary N) is 2. The van der Waals surface area contributed by atoms with Crippen LogP contribution in [0.1, 0.15) is 12.5 Å². The Morgan fingerprint density at radius 1 is 1.30 bits per heavy atom. The lowest BCUT2D eigenvalue weighted by molar-refractivity contribution is 0.146. The van der Waals surface area contributed by atoms with Gasteiger partial charge in [-0.25, -0.2) is 13.6 Å². The van der Waals surface area contributed by atoms with Gasteiger partial charge in [0.25, 0.3) is 6.43 Å². The number of benzene rings is 1. The van der Waals surface area contributed by atoms with Gasteiger partial charge in [0.1, 0.15) is 0 Å². The molecule has 6 heteroatoms. The molecule has 1 aliphatic rings.